The Morgan fingerprint density at radius 2 is 1.90 bits per heavy atom. The topological polar surface area (TPSA) is 38.5 Å². The van der Waals surface area contributed by atoms with Crippen LogP contribution >= 0.6 is 0 Å². The number of hydrogen-bond donors (Lipinski definition) is 1. The fourth-order valence-electron chi connectivity index (χ4n) is 2.70. The summed E-state index contributed by atoms with van der Waals surface area (Å²) in [5.41, 5.74) is 7.80. The fourth-order valence-corrected chi connectivity index (χ4v) is 2.70. The Kier molecular flexibility index (Phi) is 4.06. The molecule has 1 unspecified atom stereocenters. The highest BCUT2D eigenvalue weighted by Gasteiger charge is 2.20. The van der Waals surface area contributed by atoms with Gasteiger partial charge in [0.2, 0.25) is 0 Å². The van der Waals surface area contributed by atoms with Gasteiger partial charge in [0.1, 0.15) is 11.6 Å². The molecule has 0 aliphatic carbocycles. The summed E-state index contributed by atoms with van der Waals surface area (Å²) >= 11 is 0. The van der Waals surface area contributed by atoms with E-state index in [0.29, 0.717) is 18.7 Å². The van der Waals surface area contributed by atoms with Crippen LogP contribution in [0.1, 0.15) is 18.0 Å². The summed E-state index contributed by atoms with van der Waals surface area (Å²) in [6.07, 6.45) is 0.929. The van der Waals surface area contributed by atoms with Crippen molar-refractivity contribution in [2.75, 3.05) is 24.6 Å². The predicted molar refractivity (Wildman–Crippen MR) is 82.1 cm³/mol. The number of ether oxygens (including phenoxy) is 1. The van der Waals surface area contributed by atoms with Crippen molar-refractivity contribution in [3.05, 3.63) is 59.9 Å². The Balaban J connectivity index is 1.83. The first kappa shape index (κ1) is 13.9. The standard InChI is InChI=1S/C17H19FN2O/c18-14-7-2-1-6-13(14)15(19)12-20-10-5-11-21-17-9-4-3-8-16(17)20/h1-4,6-9,15H,5,10-12,19H2. The molecule has 3 rings (SSSR count). The van der Waals surface area contributed by atoms with Gasteiger partial charge in [-0.25, -0.2) is 4.39 Å². The van der Waals surface area contributed by atoms with Gasteiger partial charge >= 0.3 is 0 Å². The molecule has 0 saturated carbocycles. The van der Waals surface area contributed by atoms with Crippen molar-refractivity contribution >= 4 is 5.69 Å². The molecule has 0 amide bonds. The molecule has 2 aromatic carbocycles. The molecule has 1 atom stereocenters. The number of fused-ring (bicyclic) bond motifs is 1. The maximum absolute atomic E-state index is 13.8. The van der Waals surface area contributed by atoms with Crippen LogP contribution in [-0.4, -0.2) is 19.7 Å². The number of rotatable bonds is 3. The Hall–Kier alpha value is -2.07. The van der Waals surface area contributed by atoms with Crippen LogP contribution in [0.2, 0.25) is 0 Å². The fraction of sp³-hybridized carbons (Fsp3) is 0.294. The molecule has 0 fully saturated rings. The average Bonchev–Trinajstić information content (AvgIpc) is 2.70. The van der Waals surface area contributed by atoms with Crippen molar-refractivity contribution in [1.29, 1.82) is 0 Å². The van der Waals surface area contributed by atoms with E-state index in [-0.39, 0.29) is 11.9 Å². The van der Waals surface area contributed by atoms with E-state index in [1.54, 1.807) is 12.1 Å². The normalized spacial score (nSPS) is 15.8. The molecule has 0 saturated heterocycles. The minimum atomic E-state index is -0.364. The summed E-state index contributed by atoms with van der Waals surface area (Å²) in [7, 11) is 0. The second-order valence-electron chi connectivity index (χ2n) is 5.24. The molecule has 0 aromatic heterocycles. The Bertz CT molecular complexity index is 617. The van der Waals surface area contributed by atoms with Crippen molar-refractivity contribution < 1.29 is 9.13 Å². The number of hydrogen-bond acceptors (Lipinski definition) is 3. The van der Waals surface area contributed by atoms with E-state index in [1.165, 1.54) is 6.07 Å². The highest BCUT2D eigenvalue weighted by atomic mass is 19.1. The summed E-state index contributed by atoms with van der Waals surface area (Å²) < 4.78 is 19.6. The zero-order valence-electron chi connectivity index (χ0n) is 11.8. The van der Waals surface area contributed by atoms with Crippen molar-refractivity contribution in [3.8, 4) is 5.75 Å². The molecular formula is C17H19FN2O. The summed E-state index contributed by atoms with van der Waals surface area (Å²) in [5.74, 6) is 0.625. The third-order valence-corrected chi connectivity index (χ3v) is 3.76. The Morgan fingerprint density at radius 3 is 2.76 bits per heavy atom. The molecule has 3 nitrogen and oxygen atoms in total. The number of anilines is 1. The largest absolute Gasteiger partial charge is 0.491 e. The van der Waals surface area contributed by atoms with E-state index in [9.17, 15) is 4.39 Å². The van der Waals surface area contributed by atoms with E-state index in [1.807, 2.05) is 30.3 Å². The van der Waals surface area contributed by atoms with Crippen LogP contribution in [0.15, 0.2) is 48.5 Å². The smallest absolute Gasteiger partial charge is 0.142 e. The minimum Gasteiger partial charge on any atom is -0.491 e. The lowest BCUT2D eigenvalue weighted by Crippen LogP contribution is -2.33. The maximum Gasteiger partial charge on any atom is 0.142 e. The third kappa shape index (κ3) is 3.00. The predicted octanol–water partition coefficient (Wildman–Crippen LogP) is 3.11. The lowest BCUT2D eigenvalue weighted by molar-refractivity contribution is 0.322. The van der Waals surface area contributed by atoms with Crippen LogP contribution in [0.5, 0.6) is 5.75 Å². The number of para-hydroxylation sites is 2. The monoisotopic (exact) mass is 286 g/mol. The minimum absolute atomic E-state index is 0.246. The lowest BCUT2D eigenvalue weighted by atomic mass is 10.1. The number of nitrogens with zero attached hydrogens (tertiary/aromatic N) is 1. The molecule has 2 aromatic rings. The van der Waals surface area contributed by atoms with Crippen LogP contribution in [0, 0.1) is 5.82 Å². The molecule has 21 heavy (non-hydrogen) atoms. The van der Waals surface area contributed by atoms with Crippen molar-refractivity contribution in [3.63, 3.8) is 0 Å². The summed E-state index contributed by atoms with van der Waals surface area (Å²) in [6, 6.07) is 14.3. The first-order chi connectivity index (χ1) is 10.3. The van der Waals surface area contributed by atoms with Gasteiger partial charge in [-0.1, -0.05) is 30.3 Å². The first-order valence-corrected chi connectivity index (χ1v) is 7.22. The summed E-state index contributed by atoms with van der Waals surface area (Å²) in [6.45, 7) is 2.13. The second-order valence-corrected chi connectivity index (χ2v) is 5.24. The van der Waals surface area contributed by atoms with Gasteiger partial charge < -0.3 is 15.4 Å². The first-order valence-electron chi connectivity index (χ1n) is 7.22. The zero-order valence-corrected chi connectivity index (χ0v) is 11.8. The molecule has 1 aliphatic heterocycles. The molecule has 0 radical (unpaired) electrons. The van der Waals surface area contributed by atoms with Crippen molar-refractivity contribution in [2.45, 2.75) is 12.5 Å². The van der Waals surface area contributed by atoms with E-state index in [2.05, 4.69) is 4.90 Å². The van der Waals surface area contributed by atoms with Crippen LogP contribution < -0.4 is 15.4 Å². The van der Waals surface area contributed by atoms with Gasteiger partial charge in [-0.2, -0.15) is 0 Å². The van der Waals surface area contributed by atoms with Gasteiger partial charge in [-0.15, -0.1) is 0 Å². The molecule has 2 N–H and O–H groups in total. The highest BCUT2D eigenvalue weighted by Crippen LogP contribution is 2.31. The molecule has 4 heteroatoms. The van der Waals surface area contributed by atoms with Crippen LogP contribution in [0.3, 0.4) is 0 Å². The maximum atomic E-state index is 13.8. The van der Waals surface area contributed by atoms with Crippen LogP contribution in [0.25, 0.3) is 0 Å². The molecule has 1 aliphatic rings. The van der Waals surface area contributed by atoms with Gasteiger partial charge in [0.25, 0.3) is 0 Å². The number of nitrogens with two attached hydrogens (primary N) is 1. The van der Waals surface area contributed by atoms with Crippen molar-refractivity contribution in [1.82, 2.24) is 0 Å². The SMILES string of the molecule is NC(CN1CCCOc2ccccc21)c1ccccc1F. The van der Waals surface area contributed by atoms with Crippen LogP contribution in [0.4, 0.5) is 10.1 Å². The number of halogens is 1. The van der Waals surface area contributed by atoms with Crippen LogP contribution in [-0.2, 0) is 0 Å². The van der Waals surface area contributed by atoms with Gasteiger partial charge in [0, 0.05) is 18.7 Å². The summed E-state index contributed by atoms with van der Waals surface area (Å²) in [4.78, 5) is 2.18. The van der Waals surface area contributed by atoms with E-state index in [4.69, 9.17) is 10.5 Å². The van der Waals surface area contributed by atoms with E-state index < -0.39 is 0 Å². The number of benzene rings is 2. The Morgan fingerprint density at radius 1 is 1.14 bits per heavy atom. The average molecular weight is 286 g/mol. The van der Waals surface area contributed by atoms with Crippen molar-refractivity contribution in [2.24, 2.45) is 5.73 Å². The van der Waals surface area contributed by atoms with E-state index in [0.717, 1.165) is 24.4 Å². The molecule has 1 heterocycles. The quantitative estimate of drug-likeness (QED) is 0.942. The third-order valence-electron chi connectivity index (χ3n) is 3.76. The molecular weight excluding hydrogens is 267 g/mol. The molecule has 110 valence electrons. The van der Waals surface area contributed by atoms with Gasteiger partial charge in [0.15, 0.2) is 0 Å². The van der Waals surface area contributed by atoms with Gasteiger partial charge in [0.05, 0.1) is 18.3 Å². The Labute approximate surface area is 124 Å². The second kappa shape index (κ2) is 6.14. The van der Waals surface area contributed by atoms with Gasteiger partial charge in [-0.3, -0.25) is 0 Å². The molecule has 0 bridgehead atoms. The molecule has 0 spiro atoms. The zero-order chi connectivity index (χ0) is 14.7. The van der Waals surface area contributed by atoms with Gasteiger partial charge in [-0.05, 0) is 24.6 Å². The summed E-state index contributed by atoms with van der Waals surface area (Å²) in [5, 5.41) is 0. The lowest BCUT2D eigenvalue weighted by Gasteiger charge is -2.27. The highest BCUT2D eigenvalue weighted by molar-refractivity contribution is 5.59. The van der Waals surface area contributed by atoms with E-state index >= 15 is 0 Å².